The predicted molar refractivity (Wildman–Crippen MR) is 102 cm³/mol. The van der Waals surface area contributed by atoms with Gasteiger partial charge in [-0.05, 0) is 38.5 Å². The third-order valence-corrected chi connectivity index (χ3v) is 4.29. The summed E-state index contributed by atoms with van der Waals surface area (Å²) in [5.41, 5.74) is 2.21. The Bertz CT molecular complexity index is 797. The number of hydrogen-bond donors (Lipinski definition) is 1. The molecule has 1 heterocycles. The lowest BCUT2D eigenvalue weighted by atomic mass is 10.1. The van der Waals surface area contributed by atoms with Crippen molar-refractivity contribution in [2.45, 2.75) is 26.8 Å². The maximum atomic E-state index is 4.81. The van der Waals surface area contributed by atoms with E-state index in [1.165, 1.54) is 5.56 Å². The molecule has 0 saturated carbocycles. The molecule has 0 aliphatic carbocycles. The van der Waals surface area contributed by atoms with Crippen LogP contribution in [0, 0.1) is 0 Å². The van der Waals surface area contributed by atoms with Crippen LogP contribution in [0.2, 0.25) is 0 Å². The van der Waals surface area contributed by atoms with Crippen molar-refractivity contribution < 1.29 is 0 Å². The van der Waals surface area contributed by atoms with E-state index in [1.54, 1.807) is 0 Å². The van der Waals surface area contributed by atoms with Crippen molar-refractivity contribution in [3.05, 3.63) is 60.2 Å². The van der Waals surface area contributed by atoms with Crippen LogP contribution < -0.4 is 10.2 Å². The van der Waals surface area contributed by atoms with Crippen LogP contribution in [0.25, 0.3) is 10.9 Å². The lowest BCUT2D eigenvalue weighted by Gasteiger charge is -2.22. The molecule has 0 radical (unpaired) electrons. The summed E-state index contributed by atoms with van der Waals surface area (Å²) >= 11 is 0. The normalized spacial score (nSPS) is 12.1. The Morgan fingerprint density at radius 3 is 2.29 bits per heavy atom. The first-order chi connectivity index (χ1) is 11.7. The highest BCUT2D eigenvalue weighted by atomic mass is 15.3. The number of aromatic nitrogens is 2. The van der Waals surface area contributed by atoms with Crippen LogP contribution in [-0.4, -0.2) is 23.1 Å². The summed E-state index contributed by atoms with van der Waals surface area (Å²) in [5, 5.41) is 4.62. The topological polar surface area (TPSA) is 41.1 Å². The Labute approximate surface area is 143 Å². The van der Waals surface area contributed by atoms with Gasteiger partial charge >= 0.3 is 0 Å². The Kier molecular flexibility index (Phi) is 4.94. The minimum Gasteiger partial charge on any atom is -0.363 e. The summed E-state index contributed by atoms with van der Waals surface area (Å²) in [6.45, 7) is 8.19. The Morgan fingerprint density at radius 2 is 1.58 bits per heavy atom. The molecular formula is C20H24N4. The lowest BCUT2D eigenvalue weighted by molar-refractivity contribution is 0.819. The highest BCUT2D eigenvalue weighted by Crippen LogP contribution is 2.26. The zero-order valence-electron chi connectivity index (χ0n) is 14.5. The summed E-state index contributed by atoms with van der Waals surface area (Å²) in [6.07, 6.45) is 0. The lowest BCUT2D eigenvalue weighted by Crippen LogP contribution is -2.24. The van der Waals surface area contributed by atoms with Gasteiger partial charge in [-0.25, -0.2) is 4.98 Å². The number of anilines is 2. The zero-order valence-corrected chi connectivity index (χ0v) is 14.5. The Morgan fingerprint density at radius 1 is 0.917 bits per heavy atom. The van der Waals surface area contributed by atoms with Crippen molar-refractivity contribution in [1.82, 2.24) is 9.97 Å². The van der Waals surface area contributed by atoms with Gasteiger partial charge in [-0.1, -0.05) is 42.5 Å². The third-order valence-electron chi connectivity index (χ3n) is 4.29. The van der Waals surface area contributed by atoms with E-state index in [1.807, 2.05) is 24.3 Å². The second-order valence-electron chi connectivity index (χ2n) is 5.84. The average molecular weight is 320 g/mol. The number of rotatable bonds is 6. The van der Waals surface area contributed by atoms with Crippen molar-refractivity contribution >= 4 is 22.7 Å². The van der Waals surface area contributed by atoms with Crippen LogP contribution in [0.5, 0.6) is 0 Å². The Balaban J connectivity index is 2.02. The molecule has 0 spiro atoms. The maximum absolute atomic E-state index is 4.81. The summed E-state index contributed by atoms with van der Waals surface area (Å²) in [7, 11) is 0. The SMILES string of the molecule is CCN(CC)c1nc(NC(C)c2ccccc2)c2ccccc2n1. The fourth-order valence-electron chi connectivity index (χ4n) is 2.85. The summed E-state index contributed by atoms with van der Waals surface area (Å²) < 4.78 is 0. The molecule has 0 bridgehead atoms. The van der Waals surface area contributed by atoms with Gasteiger partial charge in [0.05, 0.1) is 5.52 Å². The van der Waals surface area contributed by atoms with Gasteiger partial charge in [0.15, 0.2) is 0 Å². The first-order valence-electron chi connectivity index (χ1n) is 8.56. The molecule has 0 fully saturated rings. The molecule has 1 N–H and O–H groups in total. The van der Waals surface area contributed by atoms with Crippen molar-refractivity contribution in [2.75, 3.05) is 23.3 Å². The summed E-state index contributed by atoms with van der Waals surface area (Å²) in [6, 6.07) is 18.8. The molecule has 3 aromatic rings. The first kappa shape index (κ1) is 16.2. The van der Waals surface area contributed by atoms with E-state index in [2.05, 4.69) is 61.3 Å². The van der Waals surface area contributed by atoms with Gasteiger partial charge in [-0.2, -0.15) is 4.98 Å². The number of benzene rings is 2. The maximum Gasteiger partial charge on any atom is 0.227 e. The van der Waals surface area contributed by atoms with Gasteiger partial charge in [0.25, 0.3) is 0 Å². The first-order valence-corrected chi connectivity index (χ1v) is 8.56. The number of hydrogen-bond acceptors (Lipinski definition) is 4. The second-order valence-corrected chi connectivity index (χ2v) is 5.84. The fraction of sp³-hybridized carbons (Fsp3) is 0.300. The number of nitrogens with zero attached hydrogens (tertiary/aromatic N) is 3. The van der Waals surface area contributed by atoms with Gasteiger partial charge in [0, 0.05) is 24.5 Å². The quantitative estimate of drug-likeness (QED) is 0.718. The van der Waals surface area contributed by atoms with Gasteiger partial charge in [-0.3, -0.25) is 0 Å². The van der Waals surface area contributed by atoms with E-state index in [0.717, 1.165) is 35.8 Å². The number of fused-ring (bicyclic) bond motifs is 1. The van der Waals surface area contributed by atoms with Gasteiger partial charge < -0.3 is 10.2 Å². The van der Waals surface area contributed by atoms with Crippen LogP contribution in [-0.2, 0) is 0 Å². The molecule has 24 heavy (non-hydrogen) atoms. The smallest absolute Gasteiger partial charge is 0.227 e. The molecule has 0 amide bonds. The van der Waals surface area contributed by atoms with E-state index in [4.69, 9.17) is 9.97 Å². The minimum absolute atomic E-state index is 0.175. The molecule has 0 aliphatic heterocycles. The van der Waals surface area contributed by atoms with Gasteiger partial charge in [0.1, 0.15) is 5.82 Å². The molecule has 4 heteroatoms. The van der Waals surface area contributed by atoms with Crippen molar-refractivity contribution in [3.63, 3.8) is 0 Å². The molecule has 1 unspecified atom stereocenters. The molecular weight excluding hydrogens is 296 g/mol. The van der Waals surface area contributed by atoms with Crippen LogP contribution in [0.1, 0.15) is 32.4 Å². The van der Waals surface area contributed by atoms with Crippen LogP contribution in [0.3, 0.4) is 0 Å². The van der Waals surface area contributed by atoms with E-state index >= 15 is 0 Å². The molecule has 2 aromatic carbocycles. The van der Waals surface area contributed by atoms with Crippen molar-refractivity contribution in [2.24, 2.45) is 0 Å². The third kappa shape index (κ3) is 3.32. The van der Waals surface area contributed by atoms with Crippen LogP contribution in [0.15, 0.2) is 54.6 Å². The average Bonchev–Trinajstić information content (AvgIpc) is 2.63. The molecule has 3 rings (SSSR count). The van der Waals surface area contributed by atoms with E-state index in [-0.39, 0.29) is 6.04 Å². The monoisotopic (exact) mass is 320 g/mol. The molecule has 1 atom stereocenters. The second kappa shape index (κ2) is 7.30. The molecule has 0 saturated heterocycles. The van der Waals surface area contributed by atoms with Gasteiger partial charge in [0.2, 0.25) is 5.95 Å². The van der Waals surface area contributed by atoms with Crippen molar-refractivity contribution in [1.29, 1.82) is 0 Å². The fourth-order valence-corrected chi connectivity index (χ4v) is 2.85. The van der Waals surface area contributed by atoms with Crippen LogP contribution in [0.4, 0.5) is 11.8 Å². The highest BCUT2D eigenvalue weighted by Gasteiger charge is 2.13. The molecule has 124 valence electrons. The predicted octanol–water partition coefficient (Wildman–Crippen LogP) is 4.65. The molecule has 1 aromatic heterocycles. The minimum atomic E-state index is 0.175. The van der Waals surface area contributed by atoms with Crippen LogP contribution >= 0.6 is 0 Å². The standard InChI is InChI=1S/C20H24N4/c1-4-24(5-2)20-22-18-14-10-9-13-17(18)19(23-20)21-15(3)16-11-7-6-8-12-16/h6-15H,4-5H2,1-3H3,(H,21,22,23). The molecule has 4 nitrogen and oxygen atoms in total. The van der Waals surface area contributed by atoms with Crippen molar-refractivity contribution in [3.8, 4) is 0 Å². The summed E-state index contributed by atoms with van der Waals surface area (Å²) in [5.74, 6) is 1.67. The number of para-hydroxylation sites is 1. The Hall–Kier alpha value is -2.62. The largest absolute Gasteiger partial charge is 0.363 e. The summed E-state index contributed by atoms with van der Waals surface area (Å²) in [4.78, 5) is 11.7. The van der Waals surface area contributed by atoms with E-state index in [9.17, 15) is 0 Å². The number of nitrogens with one attached hydrogen (secondary N) is 1. The van der Waals surface area contributed by atoms with Gasteiger partial charge in [-0.15, -0.1) is 0 Å². The van der Waals surface area contributed by atoms with E-state index < -0.39 is 0 Å². The highest BCUT2D eigenvalue weighted by molar-refractivity contribution is 5.90. The molecule has 0 aliphatic rings. The zero-order chi connectivity index (χ0) is 16.9. The van der Waals surface area contributed by atoms with E-state index in [0.29, 0.717) is 0 Å².